The highest BCUT2D eigenvalue weighted by Gasteiger charge is 2.20. The van der Waals surface area contributed by atoms with Gasteiger partial charge in [-0.1, -0.05) is 26.0 Å². The molecule has 3 heterocycles. The number of carbonyl (C=O) groups is 1. The molecule has 8 heteroatoms. The molecule has 0 spiro atoms. The van der Waals surface area contributed by atoms with E-state index in [0.717, 1.165) is 16.9 Å². The normalized spacial score (nSPS) is 12.5. The molecular formula is C25H29N5O2S. The molecule has 1 atom stereocenters. The first-order valence-corrected chi connectivity index (χ1v) is 12.0. The summed E-state index contributed by atoms with van der Waals surface area (Å²) in [5, 5.41) is 9.58. The number of nitrogens with one attached hydrogen (secondary N) is 1. The Labute approximate surface area is 197 Å². The van der Waals surface area contributed by atoms with Crippen molar-refractivity contribution >= 4 is 22.2 Å². The predicted molar refractivity (Wildman–Crippen MR) is 132 cm³/mol. The quantitative estimate of drug-likeness (QED) is 0.464. The van der Waals surface area contributed by atoms with Crippen molar-refractivity contribution in [2.75, 3.05) is 0 Å². The third-order valence-electron chi connectivity index (χ3n) is 5.94. The lowest BCUT2D eigenvalue weighted by Crippen LogP contribution is -2.37. The molecule has 0 radical (unpaired) electrons. The predicted octanol–water partition coefficient (Wildman–Crippen LogP) is 4.24. The molecule has 4 aromatic rings. The zero-order valence-corrected chi connectivity index (χ0v) is 20.7. The Kier molecular flexibility index (Phi) is 6.21. The average Bonchev–Trinajstić information content (AvgIpc) is 3.31. The fraction of sp³-hybridized carbons (Fsp3) is 0.360. The van der Waals surface area contributed by atoms with Crippen LogP contribution >= 0.6 is 11.3 Å². The lowest BCUT2D eigenvalue weighted by molar-refractivity contribution is -0.121. The molecule has 0 aliphatic carbocycles. The van der Waals surface area contributed by atoms with Crippen molar-refractivity contribution in [3.05, 3.63) is 68.7 Å². The van der Waals surface area contributed by atoms with Gasteiger partial charge in [-0.2, -0.15) is 5.10 Å². The van der Waals surface area contributed by atoms with Gasteiger partial charge in [0.2, 0.25) is 5.91 Å². The van der Waals surface area contributed by atoms with Gasteiger partial charge in [-0.05, 0) is 57.4 Å². The Morgan fingerprint density at radius 1 is 1.15 bits per heavy atom. The molecule has 0 aliphatic rings. The van der Waals surface area contributed by atoms with Gasteiger partial charge in [-0.15, -0.1) is 11.3 Å². The summed E-state index contributed by atoms with van der Waals surface area (Å²) in [6, 6.07) is 10.0. The molecule has 1 amide bonds. The van der Waals surface area contributed by atoms with Crippen LogP contribution in [0.3, 0.4) is 0 Å². The number of thiazole rings is 1. The minimum absolute atomic E-state index is 0.0589. The van der Waals surface area contributed by atoms with Gasteiger partial charge in [-0.25, -0.2) is 9.67 Å². The molecule has 0 saturated heterocycles. The van der Waals surface area contributed by atoms with Gasteiger partial charge in [0.05, 0.1) is 23.4 Å². The number of hydrogen-bond donors (Lipinski definition) is 1. The Balaban J connectivity index is 1.76. The average molecular weight is 464 g/mol. The molecule has 0 fully saturated rings. The van der Waals surface area contributed by atoms with Crippen LogP contribution in [0.15, 0.2) is 40.5 Å². The van der Waals surface area contributed by atoms with Crippen LogP contribution in [0.1, 0.15) is 43.4 Å². The van der Waals surface area contributed by atoms with Crippen LogP contribution in [-0.4, -0.2) is 31.1 Å². The third kappa shape index (κ3) is 4.48. The number of carbonyl (C=O) groups excluding carboxylic acids is 1. The van der Waals surface area contributed by atoms with Gasteiger partial charge < -0.3 is 5.32 Å². The highest BCUT2D eigenvalue weighted by Crippen LogP contribution is 2.24. The van der Waals surface area contributed by atoms with Gasteiger partial charge in [0, 0.05) is 22.8 Å². The summed E-state index contributed by atoms with van der Waals surface area (Å²) >= 11 is 1.37. The maximum Gasteiger partial charge on any atom is 0.268 e. The van der Waals surface area contributed by atoms with E-state index in [2.05, 4.69) is 30.2 Å². The number of nitrogens with zero attached hydrogens (tertiary/aromatic N) is 4. The molecule has 0 aliphatic heterocycles. The Hall–Kier alpha value is -3.26. The van der Waals surface area contributed by atoms with E-state index in [1.807, 2.05) is 62.0 Å². The monoisotopic (exact) mass is 463 g/mol. The van der Waals surface area contributed by atoms with Crippen molar-refractivity contribution in [3.63, 3.8) is 0 Å². The Bertz CT molecular complexity index is 1400. The smallest absolute Gasteiger partial charge is 0.268 e. The SMILES string of the molecule is Cc1cccc(-n2nc(-c3c(C)nc4scc(CC(=O)N[C@H](C)C(C)C)n4c3=O)cc2C)c1. The molecule has 3 aromatic heterocycles. The van der Waals surface area contributed by atoms with Gasteiger partial charge in [-0.3, -0.25) is 14.0 Å². The summed E-state index contributed by atoms with van der Waals surface area (Å²) in [5.74, 6) is 0.225. The van der Waals surface area contributed by atoms with Crippen LogP contribution in [0, 0.1) is 26.7 Å². The van der Waals surface area contributed by atoms with Crippen molar-refractivity contribution in [1.29, 1.82) is 0 Å². The van der Waals surface area contributed by atoms with Crippen LogP contribution in [-0.2, 0) is 11.2 Å². The lowest BCUT2D eigenvalue weighted by Gasteiger charge is -2.17. The number of fused-ring (bicyclic) bond motifs is 1. The highest BCUT2D eigenvalue weighted by atomic mass is 32.1. The van der Waals surface area contributed by atoms with Crippen molar-refractivity contribution in [1.82, 2.24) is 24.5 Å². The minimum Gasteiger partial charge on any atom is -0.353 e. The van der Waals surface area contributed by atoms with E-state index in [-0.39, 0.29) is 23.9 Å². The molecule has 0 unspecified atom stereocenters. The summed E-state index contributed by atoms with van der Waals surface area (Å²) in [7, 11) is 0. The molecule has 172 valence electrons. The maximum absolute atomic E-state index is 13.6. The van der Waals surface area contributed by atoms with Crippen LogP contribution in [0.4, 0.5) is 0 Å². The molecule has 0 bridgehead atoms. The molecule has 4 rings (SSSR count). The summed E-state index contributed by atoms with van der Waals surface area (Å²) in [6.45, 7) is 11.9. The number of hydrogen-bond acceptors (Lipinski definition) is 5. The molecular weight excluding hydrogens is 434 g/mol. The number of rotatable bonds is 6. The standard InChI is InChI=1S/C25H29N5O2S/c1-14(2)17(5)26-22(31)12-20-13-33-25-27-18(6)23(24(32)29(20)25)21-11-16(4)30(28-21)19-9-7-8-15(3)10-19/h7-11,13-14,17H,12H2,1-6H3,(H,26,31)/t17-/m1/s1. The van der Waals surface area contributed by atoms with E-state index in [0.29, 0.717) is 33.5 Å². The summed E-state index contributed by atoms with van der Waals surface area (Å²) < 4.78 is 3.39. The second kappa shape index (κ2) is 8.94. The van der Waals surface area contributed by atoms with E-state index < -0.39 is 0 Å². The zero-order valence-electron chi connectivity index (χ0n) is 19.8. The minimum atomic E-state index is -0.202. The third-order valence-corrected chi connectivity index (χ3v) is 6.82. The van der Waals surface area contributed by atoms with Crippen LogP contribution in [0.25, 0.3) is 21.9 Å². The second-order valence-electron chi connectivity index (χ2n) is 8.92. The molecule has 1 N–H and O–H groups in total. The topological polar surface area (TPSA) is 81.3 Å². The molecule has 7 nitrogen and oxygen atoms in total. The van der Waals surface area contributed by atoms with E-state index in [1.165, 1.54) is 11.3 Å². The van der Waals surface area contributed by atoms with E-state index in [9.17, 15) is 9.59 Å². The number of benzene rings is 1. The van der Waals surface area contributed by atoms with Gasteiger partial charge in [0.15, 0.2) is 4.96 Å². The van der Waals surface area contributed by atoms with Crippen LogP contribution in [0.5, 0.6) is 0 Å². The zero-order chi connectivity index (χ0) is 23.9. The van der Waals surface area contributed by atoms with Gasteiger partial charge in [0.1, 0.15) is 5.69 Å². The first-order chi connectivity index (χ1) is 15.7. The maximum atomic E-state index is 13.6. The summed E-state index contributed by atoms with van der Waals surface area (Å²) in [4.78, 5) is 31.4. The summed E-state index contributed by atoms with van der Waals surface area (Å²) in [6.07, 6.45) is 0.123. The molecule has 0 saturated carbocycles. The van der Waals surface area contributed by atoms with E-state index in [4.69, 9.17) is 5.10 Å². The fourth-order valence-corrected chi connectivity index (χ4v) is 4.70. The van der Waals surface area contributed by atoms with Crippen molar-refractivity contribution in [2.24, 2.45) is 5.92 Å². The first-order valence-electron chi connectivity index (χ1n) is 11.1. The van der Waals surface area contributed by atoms with Crippen molar-refractivity contribution in [2.45, 2.75) is 54.0 Å². The number of amides is 1. The van der Waals surface area contributed by atoms with Crippen LogP contribution < -0.4 is 10.9 Å². The number of aromatic nitrogens is 4. The van der Waals surface area contributed by atoms with Gasteiger partial charge >= 0.3 is 0 Å². The van der Waals surface area contributed by atoms with E-state index >= 15 is 0 Å². The number of aryl methyl sites for hydroxylation is 3. The van der Waals surface area contributed by atoms with Crippen molar-refractivity contribution in [3.8, 4) is 16.9 Å². The second-order valence-corrected chi connectivity index (χ2v) is 9.76. The fourth-order valence-electron chi connectivity index (χ4n) is 3.78. The Morgan fingerprint density at radius 2 is 1.91 bits per heavy atom. The molecule has 1 aromatic carbocycles. The summed E-state index contributed by atoms with van der Waals surface area (Å²) in [5.41, 5.74) is 5.09. The lowest BCUT2D eigenvalue weighted by atomic mass is 10.1. The van der Waals surface area contributed by atoms with Crippen molar-refractivity contribution < 1.29 is 4.79 Å². The Morgan fingerprint density at radius 3 is 2.61 bits per heavy atom. The van der Waals surface area contributed by atoms with E-state index in [1.54, 1.807) is 4.40 Å². The highest BCUT2D eigenvalue weighted by molar-refractivity contribution is 7.15. The first kappa shape index (κ1) is 22.9. The largest absolute Gasteiger partial charge is 0.353 e. The van der Waals surface area contributed by atoms with Gasteiger partial charge in [0.25, 0.3) is 5.56 Å². The molecule has 33 heavy (non-hydrogen) atoms. The van der Waals surface area contributed by atoms with Crippen LogP contribution in [0.2, 0.25) is 0 Å².